The number of hydrogen-bond acceptors (Lipinski definition) is 9. The monoisotopic (exact) mass is 1170 g/mol. The third-order valence-corrected chi connectivity index (χ3v) is 19.5. The van der Waals surface area contributed by atoms with Crippen LogP contribution in [0.5, 0.6) is 0 Å². The Balaban J connectivity index is 0.802. The first-order valence-electron chi connectivity index (χ1n) is 25.9. The predicted molar refractivity (Wildman–Crippen MR) is 274 cm³/mol. The van der Waals surface area contributed by atoms with E-state index in [4.69, 9.17) is 23.2 Å². The average Bonchev–Trinajstić information content (AvgIpc) is 4.05. The molecule has 11 rings (SSSR count). The summed E-state index contributed by atoms with van der Waals surface area (Å²) < 4.78 is 20.2. The minimum Gasteiger partial charge on any atom is -0.0397 e. The van der Waals surface area contributed by atoms with E-state index >= 15 is 14.0 Å². The summed E-state index contributed by atoms with van der Waals surface area (Å²) in [4.78, 5) is 98.2. The molecule has 4 atom stereocenters. The molecule has 2 aliphatic carbocycles. The number of carbonyl (C=O) groups excluding carboxylic acids is 5. The van der Waals surface area contributed by atoms with Gasteiger partial charge in [0.1, 0.15) is 6.04 Å². The molecule has 3 saturated heterocycles. The van der Waals surface area contributed by atoms with E-state index in [1.54, 1.807) is 65.0 Å². The summed E-state index contributed by atoms with van der Waals surface area (Å²) in [6, 6.07) is 20.9. The van der Waals surface area contributed by atoms with Crippen LogP contribution in [-0.4, -0.2) is 77.4 Å². The van der Waals surface area contributed by atoms with Crippen molar-refractivity contribution >= 4 is 69.5 Å². The van der Waals surface area contributed by atoms with Crippen LogP contribution in [0, 0.1) is 25.4 Å². The van der Waals surface area contributed by atoms with Crippen molar-refractivity contribution in [2.45, 2.75) is 131 Å². The van der Waals surface area contributed by atoms with Gasteiger partial charge in [-0.05, 0) is 74.6 Å². The van der Waals surface area contributed by atoms with E-state index in [0.717, 1.165) is 43.2 Å². The first kappa shape index (κ1) is 51.4. The van der Waals surface area contributed by atoms with Crippen LogP contribution in [0.15, 0.2) is 83.7 Å². The second-order valence-electron chi connectivity index (χ2n) is 21.3. The number of piperidine rings is 2. The molecule has 16 nitrogen and oxygen atoms in total. The number of likely N-dealkylation sites (tertiary alicyclic amines) is 1. The molecule has 75 heavy (non-hydrogen) atoms. The third-order valence-electron chi connectivity index (χ3n) is 17.3. The molecule has 5 fully saturated rings. The van der Waals surface area contributed by atoms with E-state index in [0.29, 0.717) is 82.5 Å². The molecule has 394 valence electrons. The number of aromatic nitrogens is 2. The molecule has 4 aromatic carbocycles. The topological polar surface area (TPSA) is 198 Å². The molecular formula is C55H57Cl2FIN8O8-. The summed E-state index contributed by atoms with van der Waals surface area (Å²) in [5.74, 6) is -3.13. The maximum atomic E-state index is 16.9. The summed E-state index contributed by atoms with van der Waals surface area (Å²) in [5, 5.41) is 21.0. The van der Waals surface area contributed by atoms with Crippen LogP contribution in [-0.2, 0) is 43.0 Å². The first-order valence-corrected chi connectivity index (χ1v) is 28.7. The fourth-order valence-corrected chi connectivity index (χ4v) is 15.3. The van der Waals surface area contributed by atoms with Crippen molar-refractivity contribution in [3.8, 4) is 0 Å². The Morgan fingerprint density at radius 2 is 1.61 bits per heavy atom. The smallest absolute Gasteiger partial charge is 0.0397 e. The van der Waals surface area contributed by atoms with Crippen molar-refractivity contribution in [1.82, 2.24) is 30.0 Å². The number of nitro groups is 1. The number of nitrogens with one attached hydrogen (secondary N) is 3. The average molecular weight is 1170 g/mol. The number of carbonyl (C=O) groups is 5. The SMILES string of the molecule is Cn1c(=O)n(C2CCC(=O)NC2=O)c2ccc(C3CCN(C(=O)C4CCC(NC(=O)[C@@H]5NC6(CCCCC6)[C@@]6(C(=O)N(Cc7ccc([I-][N+](=O)[O-])cc7)c7cc(Cl)ccc76)[C@H]5c5cccc(Cl)c5F)CC4)CC3)cc21. The third kappa shape index (κ3) is 8.94. The Bertz CT molecular complexity index is 3220. The molecule has 1 aromatic heterocycles. The van der Waals surface area contributed by atoms with Gasteiger partial charge in [0.2, 0.25) is 17.7 Å². The number of nitrogens with zero attached hydrogens (tertiary/aromatic N) is 5. The van der Waals surface area contributed by atoms with Gasteiger partial charge in [-0.1, -0.05) is 17.7 Å². The van der Waals surface area contributed by atoms with Gasteiger partial charge in [-0.25, -0.2) is 4.79 Å². The van der Waals surface area contributed by atoms with Gasteiger partial charge in [-0.15, -0.1) is 0 Å². The van der Waals surface area contributed by atoms with Crippen molar-refractivity contribution in [2.24, 2.45) is 13.0 Å². The number of imide groups is 1. The van der Waals surface area contributed by atoms with E-state index in [1.165, 1.54) is 10.6 Å². The van der Waals surface area contributed by atoms with Crippen LogP contribution < -0.4 is 48.0 Å². The van der Waals surface area contributed by atoms with Gasteiger partial charge in [0, 0.05) is 38.5 Å². The first-order chi connectivity index (χ1) is 36.1. The predicted octanol–water partition coefficient (Wildman–Crippen LogP) is 4.54. The zero-order valence-electron chi connectivity index (χ0n) is 41.3. The molecule has 1 unspecified atom stereocenters. The van der Waals surface area contributed by atoms with Crippen molar-refractivity contribution in [3.63, 3.8) is 0 Å². The Labute approximate surface area is 452 Å². The molecule has 2 spiro atoms. The quantitative estimate of drug-likeness (QED) is 0.0592. The number of halogens is 4. The Hall–Kier alpha value is -5.70. The van der Waals surface area contributed by atoms with Crippen LogP contribution in [0.25, 0.3) is 11.0 Å². The number of amides is 5. The molecule has 20 heteroatoms. The molecule has 3 N–H and O–H groups in total. The molecule has 0 radical (unpaired) electrons. The van der Waals surface area contributed by atoms with Gasteiger partial charge in [0.25, 0.3) is 0 Å². The zero-order valence-corrected chi connectivity index (χ0v) is 45.0. The second-order valence-corrected chi connectivity index (χ2v) is 24.6. The van der Waals surface area contributed by atoms with E-state index in [1.807, 2.05) is 29.2 Å². The standard InChI is InChI=1S/C55H57Cl2FIN8O8/c1-63-44-28-34(12-19-41(44)66(53(63)73)42-20-21-45(68)61-49(42)69)32-22-26-64(27-23-32)51(71)33-10-16-37(17-11-33)60-50(70)48-46(38-6-5-7-40(57)47(38)58)55(54(62-48)24-3-2-4-25-54)39-18-13-35(56)29-43(39)65(52(55)72)30-31-8-14-36(15-9-31)59-67(74)75/h5-9,12-15,18-19,28-29,32-33,37,42,46,48,62H,2-4,10-11,16-17,20-27,30H2,1H3,(H,60,70)(H,61,68,69)/q-1/t33?,37?,42?,46-,48+,55+/m0/s1. The molecule has 4 aliphatic heterocycles. The summed E-state index contributed by atoms with van der Waals surface area (Å²) in [7, 11) is 1.68. The number of rotatable bonds is 10. The normalized spacial score (nSPS) is 25.8. The van der Waals surface area contributed by atoms with E-state index in [9.17, 15) is 29.3 Å². The minimum absolute atomic E-state index is 0.101. The van der Waals surface area contributed by atoms with Gasteiger partial charge in [-0.3, -0.25) is 28.8 Å². The molecular weight excluding hydrogens is 1120 g/mol. The van der Waals surface area contributed by atoms with Gasteiger partial charge >= 0.3 is 251 Å². The Morgan fingerprint density at radius 3 is 2.32 bits per heavy atom. The molecule has 5 heterocycles. The van der Waals surface area contributed by atoms with Crippen LogP contribution in [0.3, 0.4) is 0 Å². The molecule has 5 aromatic rings. The number of anilines is 1. The van der Waals surface area contributed by atoms with Gasteiger partial charge in [0.15, 0.2) is 0 Å². The zero-order chi connectivity index (χ0) is 52.5. The summed E-state index contributed by atoms with van der Waals surface area (Å²) >= 11 is 11.9. The van der Waals surface area contributed by atoms with Crippen LogP contribution in [0.4, 0.5) is 10.1 Å². The Morgan fingerprint density at radius 1 is 0.880 bits per heavy atom. The van der Waals surface area contributed by atoms with Crippen molar-refractivity contribution in [2.75, 3.05) is 18.0 Å². The fourth-order valence-electron chi connectivity index (χ4n) is 13.8. The van der Waals surface area contributed by atoms with Crippen LogP contribution in [0.2, 0.25) is 10.0 Å². The van der Waals surface area contributed by atoms with Crippen molar-refractivity contribution < 1.29 is 53.0 Å². The van der Waals surface area contributed by atoms with Crippen molar-refractivity contribution in [1.29, 1.82) is 0 Å². The van der Waals surface area contributed by atoms with Crippen molar-refractivity contribution in [3.05, 3.63) is 141 Å². The number of hydrogen-bond donors (Lipinski definition) is 3. The number of imidazole rings is 1. The second kappa shape index (κ2) is 20.3. The van der Waals surface area contributed by atoms with Crippen LogP contribution in [0.1, 0.15) is 124 Å². The number of fused-ring (bicyclic) bond motifs is 4. The number of aryl methyl sites for hydroxylation is 1. The molecule has 0 bridgehead atoms. The number of benzene rings is 4. The van der Waals surface area contributed by atoms with E-state index in [2.05, 4.69) is 16.0 Å². The van der Waals surface area contributed by atoms with Crippen LogP contribution >= 0.6 is 23.2 Å². The minimum atomic E-state index is -1.47. The molecule has 2 saturated carbocycles. The van der Waals surface area contributed by atoms with Gasteiger partial charge < -0.3 is 4.90 Å². The summed E-state index contributed by atoms with van der Waals surface area (Å²) in [6.45, 7) is 1.28. The molecule has 5 amide bonds. The summed E-state index contributed by atoms with van der Waals surface area (Å²) in [5.41, 5.74) is 1.77. The fraction of sp³-hybridized carbons (Fsp3) is 0.455. The maximum absolute atomic E-state index is 16.9. The van der Waals surface area contributed by atoms with Gasteiger partial charge in [-0.2, -0.15) is 0 Å². The van der Waals surface area contributed by atoms with E-state index < -0.39 is 62.2 Å². The molecule has 6 aliphatic rings. The summed E-state index contributed by atoms with van der Waals surface area (Å²) in [6.07, 6.45) is 7.78. The van der Waals surface area contributed by atoms with Gasteiger partial charge in [0.05, 0.1) is 11.0 Å². The Kier molecular flexibility index (Phi) is 13.9. The van der Waals surface area contributed by atoms with E-state index in [-0.39, 0.29) is 80.3 Å².